The van der Waals surface area contributed by atoms with Crippen molar-refractivity contribution in [1.82, 2.24) is 14.8 Å². The molecule has 0 bridgehead atoms. The van der Waals surface area contributed by atoms with Crippen LogP contribution in [-0.4, -0.2) is 20.5 Å². The molecular weight excluding hydrogens is 232 g/mol. The highest BCUT2D eigenvalue weighted by Gasteiger charge is 2.05. The lowest BCUT2D eigenvalue weighted by atomic mass is 10.1. The maximum Gasteiger partial charge on any atom is 0.222 e. The molecule has 0 aliphatic carbocycles. The zero-order valence-corrected chi connectivity index (χ0v) is 10.7. The van der Waals surface area contributed by atoms with E-state index in [-0.39, 0.29) is 0 Å². The SMILES string of the molecule is Cn1c(N)nnc1SCCCc1ccccc1. The molecule has 0 saturated heterocycles. The monoisotopic (exact) mass is 248 g/mol. The summed E-state index contributed by atoms with van der Waals surface area (Å²) in [5.41, 5.74) is 6.99. The Labute approximate surface area is 105 Å². The third-order valence-electron chi connectivity index (χ3n) is 2.55. The molecular formula is C12H16N4S. The summed E-state index contributed by atoms with van der Waals surface area (Å²) in [5, 5.41) is 8.72. The predicted molar refractivity (Wildman–Crippen MR) is 70.9 cm³/mol. The van der Waals surface area contributed by atoms with Crippen molar-refractivity contribution in [3.05, 3.63) is 35.9 Å². The van der Waals surface area contributed by atoms with E-state index in [1.54, 1.807) is 11.8 Å². The summed E-state index contributed by atoms with van der Waals surface area (Å²) >= 11 is 1.70. The Morgan fingerprint density at radius 1 is 1.24 bits per heavy atom. The molecule has 17 heavy (non-hydrogen) atoms. The van der Waals surface area contributed by atoms with Gasteiger partial charge in [0.25, 0.3) is 0 Å². The Balaban J connectivity index is 1.75. The molecule has 1 heterocycles. The van der Waals surface area contributed by atoms with Crippen LogP contribution in [-0.2, 0) is 13.5 Å². The van der Waals surface area contributed by atoms with Gasteiger partial charge in [-0.25, -0.2) is 0 Å². The molecule has 1 aromatic carbocycles. The normalized spacial score (nSPS) is 10.6. The highest BCUT2D eigenvalue weighted by Crippen LogP contribution is 2.18. The summed E-state index contributed by atoms with van der Waals surface area (Å²) in [5.74, 6) is 1.50. The highest BCUT2D eigenvalue weighted by molar-refractivity contribution is 7.99. The fourth-order valence-electron chi connectivity index (χ4n) is 1.54. The van der Waals surface area contributed by atoms with Crippen LogP contribution >= 0.6 is 11.8 Å². The van der Waals surface area contributed by atoms with Crippen LogP contribution in [0.2, 0.25) is 0 Å². The van der Waals surface area contributed by atoms with Gasteiger partial charge in [-0.15, -0.1) is 10.2 Å². The van der Waals surface area contributed by atoms with Crippen LogP contribution in [0.1, 0.15) is 12.0 Å². The molecule has 0 unspecified atom stereocenters. The molecule has 0 spiro atoms. The third kappa shape index (κ3) is 3.23. The molecule has 0 radical (unpaired) electrons. The number of anilines is 1. The number of nitrogen functional groups attached to an aromatic ring is 1. The molecule has 0 amide bonds. The molecule has 2 N–H and O–H groups in total. The van der Waals surface area contributed by atoms with E-state index in [0.29, 0.717) is 5.95 Å². The van der Waals surface area contributed by atoms with E-state index in [2.05, 4.69) is 34.5 Å². The molecule has 0 fully saturated rings. The molecule has 2 rings (SSSR count). The van der Waals surface area contributed by atoms with Crippen molar-refractivity contribution in [2.45, 2.75) is 18.0 Å². The number of hydrogen-bond donors (Lipinski definition) is 1. The van der Waals surface area contributed by atoms with Crippen LogP contribution in [0.5, 0.6) is 0 Å². The van der Waals surface area contributed by atoms with Crippen molar-refractivity contribution in [3.63, 3.8) is 0 Å². The van der Waals surface area contributed by atoms with Crippen LogP contribution in [0.15, 0.2) is 35.5 Å². The second kappa shape index (κ2) is 5.72. The van der Waals surface area contributed by atoms with Gasteiger partial charge in [0.05, 0.1) is 0 Å². The first kappa shape index (κ1) is 12.0. The number of rotatable bonds is 5. The second-order valence-corrected chi connectivity index (χ2v) is 4.90. The number of benzene rings is 1. The van der Waals surface area contributed by atoms with Crippen LogP contribution in [0.4, 0.5) is 5.95 Å². The third-order valence-corrected chi connectivity index (χ3v) is 3.66. The number of aromatic nitrogens is 3. The number of hydrogen-bond acceptors (Lipinski definition) is 4. The lowest BCUT2D eigenvalue weighted by Gasteiger charge is -2.02. The maximum absolute atomic E-state index is 5.61. The summed E-state index contributed by atoms with van der Waals surface area (Å²) in [6, 6.07) is 10.5. The first-order chi connectivity index (χ1) is 8.27. The second-order valence-electron chi connectivity index (χ2n) is 3.84. The Morgan fingerprint density at radius 2 is 2.00 bits per heavy atom. The van der Waals surface area contributed by atoms with Gasteiger partial charge in [0.2, 0.25) is 5.95 Å². The van der Waals surface area contributed by atoms with E-state index < -0.39 is 0 Å². The smallest absolute Gasteiger partial charge is 0.222 e. The Hall–Kier alpha value is -1.49. The topological polar surface area (TPSA) is 56.7 Å². The zero-order chi connectivity index (χ0) is 12.1. The molecule has 0 atom stereocenters. The molecule has 0 saturated carbocycles. The standard InChI is InChI=1S/C12H16N4S/c1-16-11(13)14-15-12(16)17-9-5-8-10-6-3-2-4-7-10/h2-4,6-7H,5,8-9H2,1H3,(H2,13,14). The fraction of sp³-hybridized carbons (Fsp3) is 0.333. The van der Waals surface area contributed by atoms with E-state index in [4.69, 9.17) is 5.73 Å². The molecule has 5 heteroatoms. The Bertz CT molecular complexity index is 467. The number of nitrogens with two attached hydrogens (primary N) is 1. The summed E-state index contributed by atoms with van der Waals surface area (Å²) in [4.78, 5) is 0. The Morgan fingerprint density at radius 3 is 2.65 bits per heavy atom. The maximum atomic E-state index is 5.61. The summed E-state index contributed by atoms with van der Waals surface area (Å²) in [7, 11) is 1.88. The minimum atomic E-state index is 0.468. The summed E-state index contributed by atoms with van der Waals surface area (Å²) < 4.78 is 1.81. The summed E-state index contributed by atoms with van der Waals surface area (Å²) in [6.07, 6.45) is 2.22. The van der Waals surface area contributed by atoms with Crippen molar-refractivity contribution >= 4 is 17.7 Å². The van der Waals surface area contributed by atoms with E-state index in [1.807, 2.05) is 17.7 Å². The van der Waals surface area contributed by atoms with Crippen LogP contribution in [0.25, 0.3) is 0 Å². The van der Waals surface area contributed by atoms with Crippen molar-refractivity contribution in [2.75, 3.05) is 11.5 Å². The predicted octanol–water partition coefficient (Wildman–Crippen LogP) is 2.12. The molecule has 4 nitrogen and oxygen atoms in total. The number of thioether (sulfide) groups is 1. The molecule has 90 valence electrons. The van der Waals surface area contributed by atoms with Crippen molar-refractivity contribution in [2.24, 2.45) is 7.05 Å². The molecule has 1 aromatic heterocycles. The average Bonchev–Trinajstić information content (AvgIpc) is 2.67. The van der Waals surface area contributed by atoms with E-state index in [1.165, 1.54) is 5.56 Å². The average molecular weight is 248 g/mol. The van der Waals surface area contributed by atoms with E-state index >= 15 is 0 Å². The molecule has 0 aliphatic heterocycles. The van der Waals surface area contributed by atoms with Gasteiger partial charge in [0.15, 0.2) is 5.16 Å². The quantitative estimate of drug-likeness (QED) is 0.650. The van der Waals surface area contributed by atoms with Gasteiger partial charge < -0.3 is 5.73 Å². The van der Waals surface area contributed by atoms with Crippen molar-refractivity contribution < 1.29 is 0 Å². The van der Waals surface area contributed by atoms with Crippen LogP contribution in [0, 0.1) is 0 Å². The Kier molecular flexibility index (Phi) is 4.03. The zero-order valence-electron chi connectivity index (χ0n) is 9.84. The van der Waals surface area contributed by atoms with Crippen molar-refractivity contribution in [3.8, 4) is 0 Å². The highest BCUT2D eigenvalue weighted by atomic mass is 32.2. The molecule has 0 aliphatic rings. The minimum Gasteiger partial charge on any atom is -0.368 e. The van der Waals surface area contributed by atoms with Gasteiger partial charge >= 0.3 is 0 Å². The van der Waals surface area contributed by atoms with Crippen LogP contribution in [0.3, 0.4) is 0 Å². The van der Waals surface area contributed by atoms with Gasteiger partial charge in [-0.3, -0.25) is 4.57 Å². The van der Waals surface area contributed by atoms with Gasteiger partial charge in [0, 0.05) is 12.8 Å². The largest absolute Gasteiger partial charge is 0.368 e. The summed E-state index contributed by atoms with van der Waals surface area (Å²) in [6.45, 7) is 0. The van der Waals surface area contributed by atoms with Gasteiger partial charge in [-0.05, 0) is 18.4 Å². The van der Waals surface area contributed by atoms with Crippen LogP contribution < -0.4 is 5.73 Å². The lowest BCUT2D eigenvalue weighted by molar-refractivity contribution is 0.793. The minimum absolute atomic E-state index is 0.468. The lowest BCUT2D eigenvalue weighted by Crippen LogP contribution is -1.98. The first-order valence-electron chi connectivity index (χ1n) is 5.59. The van der Waals surface area contributed by atoms with Gasteiger partial charge in [0.1, 0.15) is 0 Å². The van der Waals surface area contributed by atoms with Crippen molar-refractivity contribution in [1.29, 1.82) is 0 Å². The first-order valence-corrected chi connectivity index (χ1v) is 6.57. The molecule has 2 aromatic rings. The van der Waals surface area contributed by atoms with E-state index in [9.17, 15) is 0 Å². The number of aryl methyl sites for hydroxylation is 1. The number of nitrogens with zero attached hydrogens (tertiary/aromatic N) is 3. The van der Waals surface area contributed by atoms with Gasteiger partial charge in [-0.2, -0.15) is 0 Å². The fourth-order valence-corrected chi connectivity index (χ4v) is 2.39. The van der Waals surface area contributed by atoms with Gasteiger partial charge in [-0.1, -0.05) is 42.1 Å². The van der Waals surface area contributed by atoms with E-state index in [0.717, 1.165) is 23.8 Å².